The van der Waals surface area contributed by atoms with E-state index in [1.165, 1.54) is 16.5 Å². The molecule has 6 nitrogen and oxygen atoms in total. The Bertz CT molecular complexity index is 1140. The standard InChI is InChI=1S/C28H37N3O3/c1-18(2)27-22-16-20(19-11-14-31(15-12-19)26(32)6-5-13-29)7-9-23(22)30-28(27)21-8-10-24(33-3)25(17-21)34-4/h7-10,16-19,30H,5-6,11-15,29H2,1-4H3. The van der Waals surface area contributed by atoms with Gasteiger partial charge in [-0.3, -0.25) is 4.79 Å². The molecule has 182 valence electrons. The minimum Gasteiger partial charge on any atom is -0.493 e. The molecular weight excluding hydrogens is 426 g/mol. The zero-order chi connectivity index (χ0) is 24.2. The van der Waals surface area contributed by atoms with Crippen LogP contribution in [0.2, 0.25) is 0 Å². The highest BCUT2D eigenvalue weighted by Gasteiger charge is 2.25. The number of hydrogen-bond donors (Lipinski definition) is 2. The van der Waals surface area contributed by atoms with Crippen molar-refractivity contribution in [2.75, 3.05) is 33.9 Å². The summed E-state index contributed by atoms with van der Waals surface area (Å²) >= 11 is 0. The number of carbonyl (C=O) groups is 1. The van der Waals surface area contributed by atoms with Crippen molar-refractivity contribution >= 4 is 16.8 Å². The number of hydrogen-bond acceptors (Lipinski definition) is 4. The van der Waals surface area contributed by atoms with Crippen molar-refractivity contribution in [2.45, 2.75) is 51.4 Å². The molecule has 0 bridgehead atoms. The molecule has 6 heteroatoms. The number of H-pyrrole nitrogens is 1. The Morgan fingerprint density at radius 3 is 2.47 bits per heavy atom. The van der Waals surface area contributed by atoms with Gasteiger partial charge in [0.1, 0.15) is 0 Å². The Morgan fingerprint density at radius 1 is 1.09 bits per heavy atom. The number of nitrogens with one attached hydrogen (secondary N) is 1. The Labute approximate surface area is 202 Å². The molecule has 1 aromatic heterocycles. The van der Waals surface area contributed by atoms with Gasteiger partial charge in [0.15, 0.2) is 11.5 Å². The van der Waals surface area contributed by atoms with Crippen LogP contribution in [-0.2, 0) is 4.79 Å². The van der Waals surface area contributed by atoms with Crippen molar-refractivity contribution in [2.24, 2.45) is 5.73 Å². The summed E-state index contributed by atoms with van der Waals surface area (Å²) < 4.78 is 11.0. The third-order valence-electron chi connectivity index (χ3n) is 7.03. The second-order valence-electron chi connectivity index (χ2n) is 9.49. The van der Waals surface area contributed by atoms with Crippen molar-refractivity contribution in [3.8, 4) is 22.8 Å². The first-order chi connectivity index (χ1) is 16.5. The first-order valence-corrected chi connectivity index (χ1v) is 12.3. The van der Waals surface area contributed by atoms with Crippen LogP contribution < -0.4 is 15.2 Å². The zero-order valence-corrected chi connectivity index (χ0v) is 20.8. The van der Waals surface area contributed by atoms with Crippen molar-refractivity contribution < 1.29 is 14.3 Å². The largest absolute Gasteiger partial charge is 0.493 e. The van der Waals surface area contributed by atoms with Gasteiger partial charge in [0.05, 0.1) is 19.9 Å². The summed E-state index contributed by atoms with van der Waals surface area (Å²) in [5, 5.41) is 1.28. The second-order valence-corrected chi connectivity index (χ2v) is 9.49. The molecule has 0 spiro atoms. The summed E-state index contributed by atoms with van der Waals surface area (Å²) in [4.78, 5) is 18.0. The normalized spacial score (nSPS) is 14.7. The summed E-state index contributed by atoms with van der Waals surface area (Å²) in [6.07, 6.45) is 3.34. The van der Waals surface area contributed by atoms with E-state index in [1.807, 2.05) is 17.0 Å². The first-order valence-electron chi connectivity index (χ1n) is 12.3. The minimum atomic E-state index is 0.242. The Hall–Kier alpha value is -2.99. The number of aromatic amines is 1. The van der Waals surface area contributed by atoms with E-state index in [0.717, 1.165) is 60.6 Å². The summed E-state index contributed by atoms with van der Waals surface area (Å²) in [5.74, 6) is 2.52. The molecule has 4 rings (SSSR count). The van der Waals surface area contributed by atoms with Gasteiger partial charge in [-0.05, 0) is 79.1 Å². The van der Waals surface area contributed by atoms with E-state index < -0.39 is 0 Å². The number of nitrogens with zero attached hydrogens (tertiary/aromatic N) is 1. The first kappa shape index (κ1) is 24.1. The van der Waals surface area contributed by atoms with Crippen LogP contribution in [-0.4, -0.2) is 49.6 Å². The number of likely N-dealkylation sites (tertiary alicyclic amines) is 1. The average Bonchev–Trinajstić information content (AvgIpc) is 3.26. The van der Waals surface area contributed by atoms with Crippen LogP contribution in [0.1, 0.15) is 62.5 Å². The summed E-state index contributed by atoms with van der Waals surface area (Å²) in [7, 11) is 3.32. The van der Waals surface area contributed by atoms with Crippen LogP contribution in [0.5, 0.6) is 11.5 Å². The van der Waals surface area contributed by atoms with Gasteiger partial charge in [0, 0.05) is 36.0 Å². The number of amides is 1. The molecule has 2 aromatic carbocycles. The fraction of sp³-hybridized carbons (Fsp3) is 0.464. The van der Waals surface area contributed by atoms with E-state index in [4.69, 9.17) is 15.2 Å². The molecule has 1 saturated heterocycles. The van der Waals surface area contributed by atoms with Crippen molar-refractivity contribution in [1.82, 2.24) is 9.88 Å². The Kier molecular flexibility index (Phi) is 7.47. The lowest BCUT2D eigenvalue weighted by molar-refractivity contribution is -0.132. The van der Waals surface area contributed by atoms with Crippen LogP contribution in [0.4, 0.5) is 0 Å². The van der Waals surface area contributed by atoms with E-state index in [0.29, 0.717) is 24.8 Å². The molecule has 3 aromatic rings. The number of carbonyl (C=O) groups excluding carboxylic acids is 1. The van der Waals surface area contributed by atoms with Gasteiger partial charge in [0.2, 0.25) is 5.91 Å². The number of methoxy groups -OCH3 is 2. The SMILES string of the molecule is COc1ccc(-c2[nH]c3ccc(C4CCN(C(=O)CCCN)CC4)cc3c2C(C)C)cc1OC. The lowest BCUT2D eigenvalue weighted by Crippen LogP contribution is -2.38. The maximum Gasteiger partial charge on any atom is 0.222 e. The number of aromatic nitrogens is 1. The molecule has 0 unspecified atom stereocenters. The molecular formula is C28H37N3O3. The van der Waals surface area contributed by atoms with Crippen molar-refractivity contribution in [3.63, 3.8) is 0 Å². The monoisotopic (exact) mass is 463 g/mol. The molecule has 2 heterocycles. The molecule has 1 aliphatic heterocycles. The number of ether oxygens (including phenoxy) is 2. The van der Waals surface area contributed by atoms with Gasteiger partial charge in [0.25, 0.3) is 0 Å². The predicted molar refractivity (Wildman–Crippen MR) is 138 cm³/mol. The third-order valence-corrected chi connectivity index (χ3v) is 7.03. The topological polar surface area (TPSA) is 80.6 Å². The van der Waals surface area contributed by atoms with Crippen molar-refractivity contribution in [3.05, 3.63) is 47.5 Å². The highest BCUT2D eigenvalue weighted by molar-refractivity contribution is 5.92. The third kappa shape index (κ3) is 4.78. The Morgan fingerprint density at radius 2 is 1.82 bits per heavy atom. The smallest absolute Gasteiger partial charge is 0.222 e. The second kappa shape index (κ2) is 10.5. The van der Waals surface area contributed by atoms with E-state index in [2.05, 4.69) is 43.1 Å². The molecule has 34 heavy (non-hydrogen) atoms. The van der Waals surface area contributed by atoms with E-state index in [9.17, 15) is 4.79 Å². The van der Waals surface area contributed by atoms with E-state index >= 15 is 0 Å². The molecule has 1 fully saturated rings. The van der Waals surface area contributed by atoms with E-state index in [-0.39, 0.29) is 5.91 Å². The van der Waals surface area contributed by atoms with Crippen LogP contribution in [0.15, 0.2) is 36.4 Å². The molecule has 1 amide bonds. The molecule has 3 N–H and O–H groups in total. The summed E-state index contributed by atoms with van der Waals surface area (Å²) in [6.45, 7) is 6.71. The molecule has 1 aliphatic rings. The molecule has 0 atom stereocenters. The maximum atomic E-state index is 12.4. The van der Waals surface area contributed by atoms with Crippen LogP contribution in [0.3, 0.4) is 0 Å². The van der Waals surface area contributed by atoms with Gasteiger partial charge in [-0.2, -0.15) is 0 Å². The quantitative estimate of drug-likeness (QED) is 0.467. The minimum absolute atomic E-state index is 0.242. The predicted octanol–water partition coefficient (Wildman–Crippen LogP) is 5.42. The van der Waals surface area contributed by atoms with Crippen LogP contribution >= 0.6 is 0 Å². The van der Waals surface area contributed by atoms with E-state index in [1.54, 1.807) is 14.2 Å². The lowest BCUT2D eigenvalue weighted by Gasteiger charge is -2.32. The van der Waals surface area contributed by atoms with Gasteiger partial charge in [-0.15, -0.1) is 0 Å². The number of piperidine rings is 1. The summed E-state index contributed by atoms with van der Waals surface area (Å²) in [5.41, 5.74) is 11.6. The highest BCUT2D eigenvalue weighted by Crippen LogP contribution is 2.40. The molecule has 0 aliphatic carbocycles. The number of benzene rings is 2. The van der Waals surface area contributed by atoms with Gasteiger partial charge < -0.3 is 25.1 Å². The van der Waals surface area contributed by atoms with Crippen LogP contribution in [0, 0.1) is 0 Å². The van der Waals surface area contributed by atoms with Crippen LogP contribution in [0.25, 0.3) is 22.2 Å². The lowest BCUT2D eigenvalue weighted by atomic mass is 9.87. The van der Waals surface area contributed by atoms with Gasteiger partial charge in [-0.25, -0.2) is 0 Å². The maximum absolute atomic E-state index is 12.4. The Balaban J connectivity index is 1.62. The number of fused-ring (bicyclic) bond motifs is 1. The van der Waals surface area contributed by atoms with Gasteiger partial charge in [-0.1, -0.05) is 19.9 Å². The average molecular weight is 464 g/mol. The fourth-order valence-corrected chi connectivity index (χ4v) is 5.18. The fourth-order valence-electron chi connectivity index (χ4n) is 5.18. The van der Waals surface area contributed by atoms with Gasteiger partial charge >= 0.3 is 0 Å². The van der Waals surface area contributed by atoms with Crippen molar-refractivity contribution in [1.29, 1.82) is 0 Å². The summed E-state index contributed by atoms with van der Waals surface area (Å²) in [6, 6.07) is 12.9. The highest BCUT2D eigenvalue weighted by atomic mass is 16.5. The zero-order valence-electron chi connectivity index (χ0n) is 20.8. The molecule has 0 radical (unpaired) electrons. The molecule has 0 saturated carbocycles. The number of rotatable bonds is 8. The number of nitrogens with two attached hydrogens (primary N) is 1.